The Morgan fingerprint density at radius 1 is 1.52 bits per heavy atom. The van der Waals surface area contributed by atoms with Crippen molar-refractivity contribution in [2.75, 3.05) is 12.4 Å². The largest absolute Gasteiger partial charge is 0.358 e. The van der Waals surface area contributed by atoms with Crippen LogP contribution in [0.15, 0.2) is 12.4 Å². The van der Waals surface area contributed by atoms with Gasteiger partial charge in [-0.05, 0) is 19.8 Å². The van der Waals surface area contributed by atoms with Crippen LogP contribution in [0.1, 0.15) is 32.6 Å². The second-order valence-electron chi connectivity index (χ2n) is 5.89. The van der Waals surface area contributed by atoms with Gasteiger partial charge in [0, 0.05) is 18.8 Å². The maximum absolute atomic E-state index is 12.4. The van der Waals surface area contributed by atoms with Crippen LogP contribution in [0.4, 0.5) is 5.69 Å². The first-order valence-electron chi connectivity index (χ1n) is 7.25. The molecule has 2 rings (SSSR count). The van der Waals surface area contributed by atoms with Crippen molar-refractivity contribution in [2.45, 2.75) is 44.7 Å². The van der Waals surface area contributed by atoms with Crippen molar-refractivity contribution in [1.29, 1.82) is 0 Å². The van der Waals surface area contributed by atoms with E-state index in [-0.39, 0.29) is 24.3 Å². The number of carbonyl (C=O) groups excluding carboxylic acids is 2. The Hall–Kier alpha value is -1.89. The van der Waals surface area contributed by atoms with Crippen molar-refractivity contribution >= 4 is 17.5 Å². The number of nitrogens with one attached hydrogen (secondary N) is 2. The van der Waals surface area contributed by atoms with Gasteiger partial charge in [0.1, 0.15) is 6.54 Å². The van der Waals surface area contributed by atoms with Crippen LogP contribution in [0.25, 0.3) is 0 Å². The van der Waals surface area contributed by atoms with Crippen molar-refractivity contribution in [3.8, 4) is 0 Å². The van der Waals surface area contributed by atoms with E-state index in [2.05, 4.69) is 15.7 Å². The van der Waals surface area contributed by atoms with Gasteiger partial charge in [0.25, 0.3) is 0 Å². The minimum atomic E-state index is -0.458. The van der Waals surface area contributed by atoms with Gasteiger partial charge in [-0.1, -0.05) is 12.8 Å². The lowest BCUT2D eigenvalue weighted by Crippen LogP contribution is -2.51. The van der Waals surface area contributed by atoms with Crippen molar-refractivity contribution < 1.29 is 9.59 Å². The molecular weight excluding hydrogens is 270 g/mol. The minimum absolute atomic E-state index is 0.0702. The Balaban J connectivity index is 1.98. The normalized spacial score (nSPS) is 25.4. The van der Waals surface area contributed by atoms with Gasteiger partial charge < -0.3 is 16.4 Å². The molecule has 1 aliphatic rings. The third kappa shape index (κ3) is 3.81. The molecule has 2 atom stereocenters. The van der Waals surface area contributed by atoms with E-state index >= 15 is 0 Å². The highest BCUT2D eigenvalue weighted by molar-refractivity contribution is 5.93. The minimum Gasteiger partial charge on any atom is -0.358 e. The molecule has 2 amide bonds. The summed E-state index contributed by atoms with van der Waals surface area (Å²) in [7, 11) is 1.57. The summed E-state index contributed by atoms with van der Waals surface area (Å²) in [5, 5.41) is 9.42. The van der Waals surface area contributed by atoms with E-state index in [1.165, 1.54) is 10.9 Å². The second-order valence-corrected chi connectivity index (χ2v) is 5.89. The summed E-state index contributed by atoms with van der Waals surface area (Å²) in [5.41, 5.74) is 6.36. The van der Waals surface area contributed by atoms with Gasteiger partial charge in [-0.2, -0.15) is 5.10 Å². The number of anilines is 1. The van der Waals surface area contributed by atoms with Crippen LogP contribution in [0, 0.1) is 5.92 Å². The molecule has 1 aromatic rings. The molecule has 7 nitrogen and oxygen atoms in total. The fraction of sp³-hybridized carbons (Fsp3) is 0.643. The van der Waals surface area contributed by atoms with Crippen LogP contribution >= 0.6 is 0 Å². The Morgan fingerprint density at radius 3 is 2.95 bits per heavy atom. The molecule has 0 radical (unpaired) electrons. The van der Waals surface area contributed by atoms with Gasteiger partial charge in [-0.3, -0.25) is 14.3 Å². The molecule has 1 saturated carbocycles. The smallest absolute Gasteiger partial charge is 0.241 e. The zero-order chi connectivity index (χ0) is 15.5. The van der Waals surface area contributed by atoms with Crippen LogP contribution < -0.4 is 16.4 Å². The number of nitrogens with two attached hydrogens (primary N) is 1. The molecule has 1 aromatic heterocycles. The first-order valence-corrected chi connectivity index (χ1v) is 7.25. The van der Waals surface area contributed by atoms with E-state index in [4.69, 9.17) is 5.73 Å². The Morgan fingerprint density at radius 2 is 2.29 bits per heavy atom. The Labute approximate surface area is 124 Å². The quantitative estimate of drug-likeness (QED) is 0.751. The number of nitrogens with zero attached hydrogens (tertiary/aromatic N) is 2. The second kappa shape index (κ2) is 6.26. The van der Waals surface area contributed by atoms with Gasteiger partial charge >= 0.3 is 0 Å². The van der Waals surface area contributed by atoms with Crippen LogP contribution in [-0.4, -0.2) is 34.2 Å². The highest BCUT2D eigenvalue weighted by Gasteiger charge is 2.37. The maximum Gasteiger partial charge on any atom is 0.241 e. The SMILES string of the molecule is CNC(=O)Cn1cc(NC(=O)C2CCCCC2(C)N)cn1. The molecule has 0 aliphatic heterocycles. The van der Waals surface area contributed by atoms with Crippen molar-refractivity contribution in [3.05, 3.63) is 12.4 Å². The summed E-state index contributed by atoms with van der Waals surface area (Å²) in [5.74, 6) is -0.398. The molecular formula is C14H23N5O2. The lowest BCUT2D eigenvalue weighted by atomic mass is 9.74. The van der Waals surface area contributed by atoms with E-state index in [9.17, 15) is 9.59 Å². The van der Waals surface area contributed by atoms with Crippen LogP contribution in [0.5, 0.6) is 0 Å². The molecule has 1 heterocycles. The molecule has 21 heavy (non-hydrogen) atoms. The summed E-state index contributed by atoms with van der Waals surface area (Å²) in [6.45, 7) is 2.07. The van der Waals surface area contributed by atoms with Gasteiger partial charge in [0.2, 0.25) is 11.8 Å². The monoisotopic (exact) mass is 293 g/mol. The first-order chi connectivity index (χ1) is 9.92. The van der Waals surface area contributed by atoms with Gasteiger partial charge in [0.05, 0.1) is 17.8 Å². The maximum atomic E-state index is 12.4. The molecule has 0 spiro atoms. The zero-order valence-electron chi connectivity index (χ0n) is 12.6. The van der Waals surface area contributed by atoms with Crippen molar-refractivity contribution in [2.24, 2.45) is 11.7 Å². The van der Waals surface area contributed by atoms with Crippen LogP contribution in [0.2, 0.25) is 0 Å². The highest BCUT2D eigenvalue weighted by atomic mass is 16.2. The molecule has 0 bridgehead atoms. The molecule has 1 fully saturated rings. The van der Waals surface area contributed by atoms with E-state index in [1.54, 1.807) is 13.2 Å². The van der Waals surface area contributed by atoms with Crippen LogP contribution in [0.3, 0.4) is 0 Å². The molecule has 1 aliphatic carbocycles. The number of likely N-dealkylation sites (N-methyl/N-ethyl adjacent to an activating group) is 1. The Kier molecular flexibility index (Phi) is 4.62. The summed E-state index contributed by atoms with van der Waals surface area (Å²) >= 11 is 0. The predicted octanol–water partition coefficient (Wildman–Crippen LogP) is 0.475. The van der Waals surface area contributed by atoms with Gasteiger partial charge in [-0.25, -0.2) is 0 Å². The van der Waals surface area contributed by atoms with E-state index < -0.39 is 5.54 Å². The number of aromatic nitrogens is 2. The molecule has 4 N–H and O–H groups in total. The van der Waals surface area contributed by atoms with Crippen LogP contribution in [-0.2, 0) is 16.1 Å². The molecule has 0 saturated heterocycles. The summed E-state index contributed by atoms with van der Waals surface area (Å²) in [6, 6.07) is 0. The zero-order valence-corrected chi connectivity index (χ0v) is 12.6. The molecule has 0 aromatic carbocycles. The third-order valence-corrected chi connectivity index (χ3v) is 4.06. The topological polar surface area (TPSA) is 102 Å². The van der Waals surface area contributed by atoms with Crippen molar-refractivity contribution in [1.82, 2.24) is 15.1 Å². The average molecular weight is 293 g/mol. The predicted molar refractivity (Wildman–Crippen MR) is 79.5 cm³/mol. The fourth-order valence-electron chi connectivity index (χ4n) is 2.76. The van der Waals surface area contributed by atoms with E-state index in [1.807, 2.05) is 6.92 Å². The highest BCUT2D eigenvalue weighted by Crippen LogP contribution is 2.32. The number of carbonyl (C=O) groups is 2. The average Bonchev–Trinajstić information content (AvgIpc) is 2.85. The number of hydrogen-bond acceptors (Lipinski definition) is 4. The fourth-order valence-corrected chi connectivity index (χ4v) is 2.76. The lowest BCUT2D eigenvalue weighted by molar-refractivity contribution is -0.123. The summed E-state index contributed by atoms with van der Waals surface area (Å²) < 4.78 is 1.48. The molecule has 7 heteroatoms. The summed E-state index contributed by atoms with van der Waals surface area (Å²) in [4.78, 5) is 23.6. The van der Waals surface area contributed by atoms with E-state index in [0.29, 0.717) is 5.69 Å². The Bertz CT molecular complexity index is 523. The molecule has 116 valence electrons. The standard InChI is InChI=1S/C14H23N5O2/c1-14(15)6-4-3-5-11(14)13(21)18-10-7-17-19(8-10)9-12(20)16-2/h7-8,11H,3-6,9,15H2,1-2H3,(H,16,20)(H,18,21). The van der Waals surface area contributed by atoms with Gasteiger partial charge in [-0.15, -0.1) is 0 Å². The third-order valence-electron chi connectivity index (χ3n) is 4.06. The molecule has 2 unspecified atom stereocenters. The first kappa shape index (κ1) is 15.5. The van der Waals surface area contributed by atoms with Gasteiger partial charge in [0.15, 0.2) is 0 Å². The van der Waals surface area contributed by atoms with E-state index in [0.717, 1.165) is 25.7 Å². The van der Waals surface area contributed by atoms with Crippen molar-refractivity contribution in [3.63, 3.8) is 0 Å². The summed E-state index contributed by atoms with van der Waals surface area (Å²) in [6.07, 6.45) is 6.95. The number of hydrogen-bond donors (Lipinski definition) is 3. The number of amides is 2. The number of rotatable bonds is 4. The lowest BCUT2D eigenvalue weighted by Gasteiger charge is -2.37.